The zero-order valence-electron chi connectivity index (χ0n) is 10.8. The molecule has 1 fully saturated rings. The first kappa shape index (κ1) is 13.4. The quantitative estimate of drug-likeness (QED) is 0.839. The van der Waals surface area contributed by atoms with Crippen molar-refractivity contribution < 1.29 is 4.79 Å². The Morgan fingerprint density at radius 1 is 1.50 bits per heavy atom. The zero-order chi connectivity index (χ0) is 13.3. The standard InChI is InChI=1S/C14H19BrN2O/c1-9(2)14(5-6-14)8-17-13(18)11-7-10(16)3-4-12(11)15/h3-4,7,9H,5-6,8,16H2,1-2H3,(H,17,18). The molecule has 1 aliphatic rings. The van der Waals surface area contributed by atoms with Crippen LogP contribution in [0.5, 0.6) is 0 Å². The number of carbonyl (C=O) groups excluding carboxylic acids is 1. The van der Waals surface area contributed by atoms with Gasteiger partial charge in [0.1, 0.15) is 0 Å². The van der Waals surface area contributed by atoms with Crippen molar-refractivity contribution in [2.75, 3.05) is 12.3 Å². The summed E-state index contributed by atoms with van der Waals surface area (Å²) in [6, 6.07) is 5.28. The maximum Gasteiger partial charge on any atom is 0.252 e. The molecule has 1 saturated carbocycles. The van der Waals surface area contributed by atoms with E-state index in [0.717, 1.165) is 11.0 Å². The van der Waals surface area contributed by atoms with Crippen LogP contribution in [0.25, 0.3) is 0 Å². The highest BCUT2D eigenvalue weighted by Crippen LogP contribution is 2.51. The summed E-state index contributed by atoms with van der Waals surface area (Å²) in [6.45, 7) is 5.19. The second-order valence-corrected chi connectivity index (χ2v) is 6.29. The zero-order valence-corrected chi connectivity index (χ0v) is 12.4. The smallest absolute Gasteiger partial charge is 0.252 e. The molecule has 18 heavy (non-hydrogen) atoms. The van der Waals surface area contributed by atoms with Gasteiger partial charge in [-0.25, -0.2) is 0 Å². The average Bonchev–Trinajstić information content (AvgIpc) is 3.10. The number of nitrogens with two attached hydrogens (primary N) is 1. The second-order valence-electron chi connectivity index (χ2n) is 5.44. The number of amides is 1. The van der Waals surface area contributed by atoms with Crippen molar-refractivity contribution in [3.05, 3.63) is 28.2 Å². The van der Waals surface area contributed by atoms with E-state index < -0.39 is 0 Å². The van der Waals surface area contributed by atoms with E-state index in [0.29, 0.717) is 22.6 Å². The third-order valence-electron chi connectivity index (χ3n) is 3.95. The van der Waals surface area contributed by atoms with Crippen LogP contribution in [0, 0.1) is 11.3 Å². The molecule has 0 spiro atoms. The molecule has 1 aromatic rings. The minimum absolute atomic E-state index is 0.0545. The van der Waals surface area contributed by atoms with E-state index >= 15 is 0 Å². The Morgan fingerprint density at radius 2 is 2.17 bits per heavy atom. The van der Waals surface area contributed by atoms with E-state index in [4.69, 9.17) is 5.73 Å². The summed E-state index contributed by atoms with van der Waals surface area (Å²) in [6.07, 6.45) is 2.42. The van der Waals surface area contributed by atoms with Crippen molar-refractivity contribution in [3.8, 4) is 0 Å². The molecule has 0 heterocycles. The van der Waals surface area contributed by atoms with Gasteiger partial charge in [-0.3, -0.25) is 4.79 Å². The fourth-order valence-electron chi connectivity index (χ4n) is 2.19. The average molecular weight is 311 g/mol. The van der Waals surface area contributed by atoms with E-state index in [-0.39, 0.29) is 5.91 Å². The summed E-state index contributed by atoms with van der Waals surface area (Å²) >= 11 is 3.38. The summed E-state index contributed by atoms with van der Waals surface area (Å²) in [5.74, 6) is 0.559. The molecule has 1 amide bonds. The largest absolute Gasteiger partial charge is 0.399 e. The molecule has 0 saturated heterocycles. The van der Waals surface area contributed by atoms with Crippen molar-refractivity contribution in [3.63, 3.8) is 0 Å². The van der Waals surface area contributed by atoms with Gasteiger partial charge in [0.15, 0.2) is 0 Å². The van der Waals surface area contributed by atoms with Gasteiger partial charge in [-0.1, -0.05) is 13.8 Å². The SMILES string of the molecule is CC(C)C1(CNC(=O)c2cc(N)ccc2Br)CC1. The molecule has 0 radical (unpaired) electrons. The normalized spacial score (nSPS) is 16.7. The molecule has 3 nitrogen and oxygen atoms in total. The molecule has 1 aliphatic carbocycles. The molecule has 0 atom stereocenters. The van der Waals surface area contributed by atoms with Crippen LogP contribution in [0.3, 0.4) is 0 Å². The summed E-state index contributed by atoms with van der Waals surface area (Å²) < 4.78 is 0.781. The predicted molar refractivity (Wildman–Crippen MR) is 77.4 cm³/mol. The third kappa shape index (κ3) is 2.69. The van der Waals surface area contributed by atoms with Crippen LogP contribution in [0.15, 0.2) is 22.7 Å². The van der Waals surface area contributed by atoms with E-state index in [9.17, 15) is 4.79 Å². The lowest BCUT2D eigenvalue weighted by atomic mass is 9.92. The molecule has 0 aromatic heterocycles. The van der Waals surface area contributed by atoms with Crippen molar-refractivity contribution in [1.82, 2.24) is 5.32 Å². The Labute approximate surface area is 116 Å². The maximum absolute atomic E-state index is 12.1. The molecule has 0 aliphatic heterocycles. The van der Waals surface area contributed by atoms with Gasteiger partial charge in [0.2, 0.25) is 0 Å². The molecular weight excluding hydrogens is 292 g/mol. The van der Waals surface area contributed by atoms with Crippen molar-refractivity contribution in [2.24, 2.45) is 11.3 Å². The lowest BCUT2D eigenvalue weighted by Gasteiger charge is -2.20. The third-order valence-corrected chi connectivity index (χ3v) is 4.64. The molecule has 0 bridgehead atoms. The molecule has 1 aromatic carbocycles. The first-order valence-electron chi connectivity index (χ1n) is 6.28. The monoisotopic (exact) mass is 310 g/mol. The predicted octanol–water partition coefficient (Wildman–Crippen LogP) is 3.20. The fourth-order valence-corrected chi connectivity index (χ4v) is 2.61. The molecule has 98 valence electrons. The van der Waals surface area contributed by atoms with Gasteiger partial charge in [0, 0.05) is 16.7 Å². The first-order valence-corrected chi connectivity index (χ1v) is 7.07. The highest BCUT2D eigenvalue weighted by atomic mass is 79.9. The van der Waals surface area contributed by atoms with E-state index in [1.807, 2.05) is 0 Å². The van der Waals surface area contributed by atoms with Crippen molar-refractivity contribution >= 4 is 27.5 Å². The Balaban J connectivity index is 2.02. The lowest BCUT2D eigenvalue weighted by Crippen LogP contribution is -2.32. The van der Waals surface area contributed by atoms with E-state index in [2.05, 4.69) is 35.1 Å². The highest BCUT2D eigenvalue weighted by molar-refractivity contribution is 9.10. The second kappa shape index (κ2) is 4.92. The van der Waals surface area contributed by atoms with Gasteiger partial charge < -0.3 is 11.1 Å². The number of carbonyl (C=O) groups is 1. The molecule has 2 rings (SSSR count). The minimum atomic E-state index is -0.0545. The number of hydrogen-bond donors (Lipinski definition) is 2. The van der Waals surface area contributed by atoms with Crippen LogP contribution in [-0.2, 0) is 0 Å². The summed E-state index contributed by atoms with van der Waals surface area (Å²) in [7, 11) is 0. The van der Waals surface area contributed by atoms with Crippen molar-refractivity contribution in [1.29, 1.82) is 0 Å². The maximum atomic E-state index is 12.1. The van der Waals surface area contributed by atoms with Crippen LogP contribution >= 0.6 is 15.9 Å². The van der Waals surface area contributed by atoms with Crippen LogP contribution in [0.2, 0.25) is 0 Å². The Kier molecular flexibility index (Phi) is 3.66. The minimum Gasteiger partial charge on any atom is -0.399 e. The van der Waals surface area contributed by atoms with Crippen LogP contribution in [0.1, 0.15) is 37.0 Å². The Hall–Kier alpha value is -1.03. The summed E-state index contributed by atoms with van der Waals surface area (Å²) in [5.41, 5.74) is 7.24. The topological polar surface area (TPSA) is 55.1 Å². The summed E-state index contributed by atoms with van der Waals surface area (Å²) in [5, 5.41) is 3.03. The number of halogens is 1. The Morgan fingerprint density at radius 3 is 2.72 bits per heavy atom. The van der Waals surface area contributed by atoms with Gasteiger partial charge in [-0.2, -0.15) is 0 Å². The number of nitrogens with one attached hydrogen (secondary N) is 1. The van der Waals surface area contributed by atoms with Gasteiger partial charge in [0.25, 0.3) is 5.91 Å². The molecule has 3 N–H and O–H groups in total. The number of hydrogen-bond acceptors (Lipinski definition) is 2. The molecular formula is C14H19BrN2O. The molecule has 0 unspecified atom stereocenters. The van der Waals surface area contributed by atoms with Gasteiger partial charge >= 0.3 is 0 Å². The summed E-state index contributed by atoms with van der Waals surface area (Å²) in [4.78, 5) is 12.1. The number of benzene rings is 1. The number of anilines is 1. The van der Waals surface area contributed by atoms with Crippen LogP contribution in [0.4, 0.5) is 5.69 Å². The first-order chi connectivity index (χ1) is 8.44. The number of nitrogen functional groups attached to an aromatic ring is 1. The lowest BCUT2D eigenvalue weighted by molar-refractivity contribution is 0.0939. The fraction of sp³-hybridized carbons (Fsp3) is 0.500. The van der Waals surface area contributed by atoms with Gasteiger partial charge in [-0.05, 0) is 58.3 Å². The Bertz CT molecular complexity index is 467. The van der Waals surface area contributed by atoms with E-state index in [1.54, 1.807) is 18.2 Å². The van der Waals surface area contributed by atoms with Gasteiger partial charge in [-0.15, -0.1) is 0 Å². The van der Waals surface area contributed by atoms with Crippen molar-refractivity contribution in [2.45, 2.75) is 26.7 Å². The van der Waals surface area contributed by atoms with Crippen LogP contribution in [-0.4, -0.2) is 12.5 Å². The van der Waals surface area contributed by atoms with Gasteiger partial charge in [0.05, 0.1) is 5.56 Å². The number of rotatable bonds is 4. The van der Waals surface area contributed by atoms with Crippen LogP contribution < -0.4 is 11.1 Å². The highest BCUT2D eigenvalue weighted by Gasteiger charge is 2.45. The molecule has 4 heteroatoms. The van der Waals surface area contributed by atoms with E-state index in [1.165, 1.54) is 12.8 Å².